The van der Waals surface area contributed by atoms with E-state index >= 15 is 0 Å². The van der Waals surface area contributed by atoms with Crippen molar-refractivity contribution in [3.05, 3.63) is 107 Å². The van der Waals surface area contributed by atoms with E-state index in [0.717, 1.165) is 5.56 Å². The number of halogens is 2. The zero-order valence-electron chi connectivity index (χ0n) is 19.1. The average Bonchev–Trinajstić information content (AvgIpc) is 3.32. The Labute approximate surface area is 211 Å². The number of hydrogen-bond acceptors (Lipinski definition) is 5. The Hall–Kier alpha value is -4.36. The quantitative estimate of drug-likeness (QED) is 0.256. The zero-order chi connectivity index (χ0) is 25.1. The summed E-state index contributed by atoms with van der Waals surface area (Å²) < 4.78 is 30.6. The SMILES string of the molecule is COc1cc(C(=O)Nc2ccc3nc(-c4cccc(F)c4)oc3c2)ccc1OCc1ccc(Cl)cc1. The molecule has 5 rings (SSSR count). The lowest BCUT2D eigenvalue weighted by molar-refractivity contribution is 0.102. The molecule has 0 aliphatic heterocycles. The summed E-state index contributed by atoms with van der Waals surface area (Å²) in [6, 6.07) is 23.4. The molecule has 5 aromatic rings. The summed E-state index contributed by atoms with van der Waals surface area (Å²) in [4.78, 5) is 17.3. The van der Waals surface area contributed by atoms with E-state index in [0.29, 0.717) is 56.9 Å². The molecule has 0 spiro atoms. The molecule has 1 N–H and O–H groups in total. The lowest BCUT2D eigenvalue weighted by Crippen LogP contribution is -2.12. The molecule has 0 saturated heterocycles. The van der Waals surface area contributed by atoms with E-state index in [-0.39, 0.29) is 11.7 Å². The van der Waals surface area contributed by atoms with Crippen molar-refractivity contribution in [3.63, 3.8) is 0 Å². The maximum absolute atomic E-state index is 13.6. The first-order valence-corrected chi connectivity index (χ1v) is 11.4. The Morgan fingerprint density at radius 3 is 2.61 bits per heavy atom. The minimum Gasteiger partial charge on any atom is -0.493 e. The monoisotopic (exact) mass is 502 g/mol. The number of nitrogens with zero attached hydrogens (tertiary/aromatic N) is 1. The van der Waals surface area contributed by atoms with Gasteiger partial charge in [-0.25, -0.2) is 9.37 Å². The van der Waals surface area contributed by atoms with Gasteiger partial charge < -0.3 is 19.2 Å². The number of anilines is 1. The van der Waals surface area contributed by atoms with Gasteiger partial charge in [0.1, 0.15) is 17.9 Å². The molecule has 1 heterocycles. The van der Waals surface area contributed by atoms with E-state index in [1.54, 1.807) is 60.7 Å². The second-order valence-electron chi connectivity index (χ2n) is 7.95. The van der Waals surface area contributed by atoms with Gasteiger partial charge in [0.05, 0.1) is 7.11 Å². The van der Waals surface area contributed by atoms with Crippen molar-refractivity contribution in [2.75, 3.05) is 12.4 Å². The maximum Gasteiger partial charge on any atom is 0.255 e. The Kier molecular flexibility index (Phi) is 6.56. The summed E-state index contributed by atoms with van der Waals surface area (Å²) in [6.07, 6.45) is 0. The maximum atomic E-state index is 13.6. The minimum atomic E-state index is -0.375. The lowest BCUT2D eigenvalue weighted by Gasteiger charge is -2.12. The van der Waals surface area contributed by atoms with Gasteiger partial charge in [0.25, 0.3) is 5.91 Å². The van der Waals surface area contributed by atoms with Crippen LogP contribution >= 0.6 is 11.6 Å². The van der Waals surface area contributed by atoms with Crippen molar-refractivity contribution >= 4 is 34.3 Å². The van der Waals surface area contributed by atoms with Gasteiger partial charge in [-0.05, 0) is 66.2 Å². The van der Waals surface area contributed by atoms with Gasteiger partial charge in [0, 0.05) is 27.9 Å². The van der Waals surface area contributed by atoms with E-state index in [1.807, 2.05) is 12.1 Å². The number of nitrogens with one attached hydrogen (secondary N) is 1. The highest BCUT2D eigenvalue weighted by atomic mass is 35.5. The first-order valence-electron chi connectivity index (χ1n) is 11.0. The predicted molar refractivity (Wildman–Crippen MR) is 136 cm³/mol. The van der Waals surface area contributed by atoms with Crippen molar-refractivity contribution in [2.45, 2.75) is 6.61 Å². The van der Waals surface area contributed by atoms with Crippen LogP contribution in [0.1, 0.15) is 15.9 Å². The minimum absolute atomic E-state index is 0.298. The molecule has 1 amide bonds. The summed E-state index contributed by atoms with van der Waals surface area (Å²) in [5.74, 6) is 0.534. The molecule has 8 heteroatoms. The van der Waals surface area contributed by atoms with E-state index < -0.39 is 0 Å². The highest BCUT2D eigenvalue weighted by Gasteiger charge is 2.14. The standard InChI is InChI=1S/C28H20ClFN2O4/c1-34-26-14-18(7-12-24(26)35-16-17-5-8-20(29)9-6-17)27(33)31-22-10-11-23-25(15-22)36-28(32-23)19-3-2-4-21(30)13-19/h2-15H,16H2,1H3,(H,31,33). The third kappa shape index (κ3) is 5.16. The number of rotatable bonds is 7. The van der Waals surface area contributed by atoms with Crippen molar-refractivity contribution in [1.82, 2.24) is 4.98 Å². The first kappa shape index (κ1) is 23.4. The number of fused-ring (bicyclic) bond motifs is 1. The molecule has 0 radical (unpaired) electrons. The fourth-order valence-electron chi connectivity index (χ4n) is 3.62. The van der Waals surface area contributed by atoms with Gasteiger partial charge in [-0.3, -0.25) is 4.79 Å². The second-order valence-corrected chi connectivity index (χ2v) is 8.38. The smallest absolute Gasteiger partial charge is 0.255 e. The molecule has 180 valence electrons. The van der Waals surface area contributed by atoms with E-state index in [1.165, 1.54) is 19.2 Å². The van der Waals surface area contributed by atoms with E-state index in [2.05, 4.69) is 10.3 Å². The van der Waals surface area contributed by atoms with Crippen molar-refractivity contribution in [1.29, 1.82) is 0 Å². The topological polar surface area (TPSA) is 73.6 Å². The van der Waals surface area contributed by atoms with Crippen LogP contribution < -0.4 is 14.8 Å². The molecular formula is C28H20ClFN2O4. The third-order valence-corrected chi connectivity index (χ3v) is 5.70. The normalized spacial score (nSPS) is 10.9. The van der Waals surface area contributed by atoms with Crippen LogP contribution in [0, 0.1) is 5.82 Å². The third-order valence-electron chi connectivity index (χ3n) is 5.45. The molecule has 0 aliphatic carbocycles. The number of carbonyl (C=O) groups excluding carboxylic acids is 1. The van der Waals surface area contributed by atoms with Crippen molar-refractivity contribution in [2.24, 2.45) is 0 Å². The summed E-state index contributed by atoms with van der Waals surface area (Å²) in [6.45, 7) is 0.327. The Morgan fingerprint density at radius 1 is 1.00 bits per heavy atom. The van der Waals surface area contributed by atoms with Gasteiger partial charge in [-0.1, -0.05) is 29.8 Å². The zero-order valence-corrected chi connectivity index (χ0v) is 19.9. The van der Waals surface area contributed by atoms with Crippen LogP contribution in [-0.2, 0) is 6.61 Å². The van der Waals surface area contributed by atoms with E-state index in [9.17, 15) is 9.18 Å². The van der Waals surface area contributed by atoms with Crippen LogP contribution in [0.2, 0.25) is 5.02 Å². The number of aromatic nitrogens is 1. The van der Waals surface area contributed by atoms with Crippen LogP contribution in [0.4, 0.5) is 10.1 Å². The van der Waals surface area contributed by atoms with Crippen LogP contribution in [0.15, 0.2) is 89.3 Å². The summed E-state index contributed by atoms with van der Waals surface area (Å²) >= 11 is 5.92. The summed E-state index contributed by atoms with van der Waals surface area (Å²) in [5, 5.41) is 3.50. The van der Waals surface area contributed by atoms with Crippen molar-refractivity contribution < 1.29 is 23.1 Å². The fraction of sp³-hybridized carbons (Fsp3) is 0.0714. The Balaban J connectivity index is 1.30. The van der Waals surface area contributed by atoms with Crippen LogP contribution in [0.5, 0.6) is 11.5 Å². The van der Waals surface area contributed by atoms with Crippen LogP contribution in [-0.4, -0.2) is 18.0 Å². The van der Waals surface area contributed by atoms with E-state index in [4.69, 9.17) is 25.5 Å². The Bertz CT molecular complexity index is 1550. The molecule has 0 atom stereocenters. The fourth-order valence-corrected chi connectivity index (χ4v) is 3.75. The van der Waals surface area contributed by atoms with Crippen LogP contribution in [0.3, 0.4) is 0 Å². The van der Waals surface area contributed by atoms with Gasteiger partial charge in [0.2, 0.25) is 5.89 Å². The van der Waals surface area contributed by atoms with Gasteiger partial charge in [-0.15, -0.1) is 0 Å². The predicted octanol–water partition coefficient (Wildman–Crippen LogP) is 7.13. The summed E-state index contributed by atoms with van der Waals surface area (Å²) in [7, 11) is 1.51. The number of methoxy groups -OCH3 is 1. The first-order chi connectivity index (χ1) is 17.5. The van der Waals surface area contributed by atoms with Gasteiger partial charge in [0.15, 0.2) is 17.1 Å². The molecule has 0 fully saturated rings. The van der Waals surface area contributed by atoms with Gasteiger partial charge >= 0.3 is 0 Å². The molecule has 0 unspecified atom stereocenters. The highest BCUT2D eigenvalue weighted by Crippen LogP contribution is 2.30. The Morgan fingerprint density at radius 2 is 1.83 bits per heavy atom. The lowest BCUT2D eigenvalue weighted by atomic mass is 10.1. The molecule has 6 nitrogen and oxygen atoms in total. The number of benzene rings is 4. The average molecular weight is 503 g/mol. The number of oxazole rings is 1. The second kappa shape index (κ2) is 10.1. The number of ether oxygens (including phenoxy) is 2. The molecule has 0 aliphatic rings. The molecule has 0 bridgehead atoms. The molecule has 0 saturated carbocycles. The van der Waals surface area contributed by atoms with Gasteiger partial charge in [-0.2, -0.15) is 0 Å². The molecule has 4 aromatic carbocycles. The highest BCUT2D eigenvalue weighted by molar-refractivity contribution is 6.30. The number of amides is 1. The molecule has 1 aromatic heterocycles. The largest absolute Gasteiger partial charge is 0.493 e. The molecule has 36 heavy (non-hydrogen) atoms. The number of carbonyl (C=O) groups is 1. The van der Waals surface area contributed by atoms with Crippen molar-refractivity contribution in [3.8, 4) is 23.0 Å². The van der Waals surface area contributed by atoms with Crippen LogP contribution in [0.25, 0.3) is 22.6 Å². The molecular weight excluding hydrogens is 483 g/mol. The number of hydrogen-bond donors (Lipinski definition) is 1. The summed E-state index contributed by atoms with van der Waals surface area (Å²) in [5.41, 5.74) is 3.46.